The molecule has 10 nitrogen and oxygen atoms in total. The van der Waals surface area contributed by atoms with E-state index in [0.29, 0.717) is 0 Å². The second-order valence-corrected chi connectivity index (χ2v) is 13.2. The molecule has 1 unspecified atom stereocenters. The fraction of sp³-hybridized carbons (Fsp3) is 0.300. The highest BCUT2D eigenvalue weighted by atomic mass is 33.1. The lowest BCUT2D eigenvalue weighted by Gasteiger charge is -2.16. The molecule has 0 fully saturated rings. The zero-order valence-electron chi connectivity index (χ0n) is 18.2. The molecule has 2 aromatic carbocycles. The van der Waals surface area contributed by atoms with Crippen LogP contribution in [0.15, 0.2) is 58.3 Å². The highest BCUT2D eigenvalue weighted by molar-refractivity contribution is 8.76. The molecule has 0 aliphatic rings. The van der Waals surface area contributed by atoms with E-state index in [2.05, 4.69) is 9.44 Å². The Bertz CT molecular complexity index is 1120. The molecule has 4 N–H and O–H groups in total. The Morgan fingerprint density at radius 2 is 1.00 bits per heavy atom. The zero-order valence-corrected chi connectivity index (χ0v) is 21.4. The first kappa shape index (κ1) is 28.1. The highest BCUT2D eigenvalue weighted by Gasteiger charge is 2.28. The Kier molecular flexibility index (Phi) is 9.96. The fourth-order valence-electron chi connectivity index (χ4n) is 2.49. The summed E-state index contributed by atoms with van der Waals surface area (Å²) in [6.45, 7) is 3.56. The van der Waals surface area contributed by atoms with Gasteiger partial charge in [-0.2, -0.15) is 9.44 Å². The summed E-state index contributed by atoms with van der Waals surface area (Å²) in [7, 11) is -6.35. The topological polar surface area (TPSA) is 167 Å². The van der Waals surface area contributed by atoms with Gasteiger partial charge in [-0.3, -0.25) is 9.59 Å². The Morgan fingerprint density at radius 1 is 0.706 bits per heavy atom. The van der Waals surface area contributed by atoms with Gasteiger partial charge < -0.3 is 10.2 Å². The first-order valence-electron chi connectivity index (χ1n) is 9.70. The van der Waals surface area contributed by atoms with Crippen molar-refractivity contribution in [3.05, 3.63) is 59.7 Å². The Morgan fingerprint density at radius 3 is 1.26 bits per heavy atom. The van der Waals surface area contributed by atoms with E-state index in [0.717, 1.165) is 32.7 Å². The molecule has 0 aliphatic carbocycles. The predicted molar refractivity (Wildman–Crippen MR) is 131 cm³/mol. The second-order valence-electron chi connectivity index (χ2n) is 7.22. The number of sulfonamides is 2. The van der Waals surface area contributed by atoms with Crippen LogP contribution in [0.2, 0.25) is 0 Å². The van der Waals surface area contributed by atoms with E-state index in [1.165, 1.54) is 24.3 Å². The van der Waals surface area contributed by atoms with E-state index >= 15 is 0 Å². The Hall–Kier alpha value is -2.10. The molecular weight excluding hydrogens is 524 g/mol. The third-order valence-corrected chi connectivity index (χ3v) is 9.80. The molecular formula is C20H24N2O8S4. The van der Waals surface area contributed by atoms with Crippen LogP contribution in [-0.4, -0.2) is 62.6 Å². The lowest BCUT2D eigenvalue weighted by atomic mass is 10.2. The Labute approximate surface area is 206 Å². The van der Waals surface area contributed by atoms with Gasteiger partial charge in [0.25, 0.3) is 0 Å². The molecule has 0 amide bonds. The molecule has 34 heavy (non-hydrogen) atoms. The number of carboxylic acid groups (broad SMARTS) is 2. The molecule has 2 atom stereocenters. The standard InChI is InChI=1S/C20H24N2O8S4/c1-13-3-7-15(8-4-13)33(27,28)21-17(19(23)24)11-31-32-12-18(20(25)26)22-34(29,30)16-9-5-14(2)6-10-16/h3-10,17-18,21-22H,11-12H2,1-2H3,(H,23,24)(H,25,26)/t17-,18?/m0/s1. The monoisotopic (exact) mass is 548 g/mol. The van der Waals surface area contributed by atoms with Crippen LogP contribution in [0, 0.1) is 13.8 Å². The molecule has 2 aromatic rings. The van der Waals surface area contributed by atoms with E-state index in [1.54, 1.807) is 38.1 Å². The van der Waals surface area contributed by atoms with E-state index in [1.807, 2.05) is 0 Å². The Balaban J connectivity index is 1.96. The number of aliphatic carboxylic acids is 2. The minimum absolute atomic E-state index is 0.0848. The third-order valence-electron chi connectivity index (χ3n) is 4.41. The number of hydrogen-bond donors (Lipinski definition) is 4. The van der Waals surface area contributed by atoms with Gasteiger partial charge in [0.15, 0.2) is 0 Å². The van der Waals surface area contributed by atoms with Crippen LogP contribution in [-0.2, 0) is 29.6 Å². The van der Waals surface area contributed by atoms with Gasteiger partial charge in [0.05, 0.1) is 9.79 Å². The van der Waals surface area contributed by atoms with E-state index in [-0.39, 0.29) is 21.3 Å². The van der Waals surface area contributed by atoms with Crippen molar-refractivity contribution < 1.29 is 36.6 Å². The van der Waals surface area contributed by atoms with Crippen LogP contribution in [0.5, 0.6) is 0 Å². The van der Waals surface area contributed by atoms with E-state index in [9.17, 15) is 36.6 Å². The molecule has 0 saturated carbocycles. The molecule has 0 spiro atoms. The maximum Gasteiger partial charge on any atom is 0.322 e. The van der Waals surface area contributed by atoms with Gasteiger partial charge in [0, 0.05) is 11.5 Å². The predicted octanol–water partition coefficient (Wildman–Crippen LogP) is 1.85. The normalized spacial score (nSPS) is 13.8. The molecule has 186 valence electrons. The van der Waals surface area contributed by atoms with Crippen molar-refractivity contribution in [2.75, 3.05) is 11.5 Å². The smallest absolute Gasteiger partial charge is 0.322 e. The lowest BCUT2D eigenvalue weighted by molar-refractivity contribution is -0.139. The molecule has 0 bridgehead atoms. The van der Waals surface area contributed by atoms with Gasteiger partial charge in [-0.25, -0.2) is 16.8 Å². The van der Waals surface area contributed by atoms with Gasteiger partial charge in [0.1, 0.15) is 12.1 Å². The van der Waals surface area contributed by atoms with Crippen LogP contribution in [0.3, 0.4) is 0 Å². The molecule has 14 heteroatoms. The summed E-state index contributed by atoms with van der Waals surface area (Å²) in [5.41, 5.74) is 1.68. The van der Waals surface area contributed by atoms with Crippen molar-refractivity contribution in [1.82, 2.24) is 9.44 Å². The summed E-state index contributed by atoms with van der Waals surface area (Å²) in [5, 5.41) is 18.8. The number of nitrogens with one attached hydrogen (secondary N) is 2. The zero-order chi connectivity index (χ0) is 25.5. The summed E-state index contributed by atoms with van der Waals surface area (Å²) in [6, 6.07) is 8.81. The summed E-state index contributed by atoms with van der Waals surface area (Å²) in [5.74, 6) is -3.25. The highest BCUT2D eigenvalue weighted by Crippen LogP contribution is 2.24. The van der Waals surface area contributed by atoms with Crippen LogP contribution in [0.4, 0.5) is 0 Å². The molecule has 0 heterocycles. The quantitative estimate of drug-likeness (QED) is 0.214. The fourth-order valence-corrected chi connectivity index (χ4v) is 7.39. The van der Waals surface area contributed by atoms with E-state index in [4.69, 9.17) is 0 Å². The first-order valence-corrected chi connectivity index (χ1v) is 15.2. The molecule has 2 rings (SSSR count). The molecule has 0 aliphatic heterocycles. The first-order chi connectivity index (χ1) is 15.8. The minimum Gasteiger partial charge on any atom is -0.480 e. The summed E-state index contributed by atoms with van der Waals surface area (Å²) in [6.07, 6.45) is 0. The van der Waals surface area contributed by atoms with Gasteiger partial charge >= 0.3 is 11.9 Å². The maximum atomic E-state index is 12.5. The van der Waals surface area contributed by atoms with Gasteiger partial charge in [-0.15, -0.1) is 0 Å². The lowest BCUT2D eigenvalue weighted by Crippen LogP contribution is -2.43. The largest absolute Gasteiger partial charge is 0.480 e. The molecule has 0 aromatic heterocycles. The van der Waals surface area contributed by atoms with E-state index < -0.39 is 44.1 Å². The van der Waals surface area contributed by atoms with Crippen LogP contribution >= 0.6 is 21.6 Å². The second kappa shape index (κ2) is 12.0. The van der Waals surface area contributed by atoms with Crippen molar-refractivity contribution in [2.24, 2.45) is 0 Å². The van der Waals surface area contributed by atoms with Crippen molar-refractivity contribution in [2.45, 2.75) is 35.7 Å². The van der Waals surface area contributed by atoms with Crippen LogP contribution in [0.1, 0.15) is 11.1 Å². The number of carboxylic acids is 2. The van der Waals surface area contributed by atoms with Crippen molar-refractivity contribution in [3.8, 4) is 0 Å². The van der Waals surface area contributed by atoms with Crippen molar-refractivity contribution >= 4 is 53.6 Å². The van der Waals surface area contributed by atoms with Gasteiger partial charge in [-0.1, -0.05) is 57.0 Å². The average molecular weight is 549 g/mol. The minimum atomic E-state index is -4.09. The van der Waals surface area contributed by atoms with Crippen LogP contribution < -0.4 is 9.44 Å². The number of carbonyl (C=O) groups is 2. The third kappa shape index (κ3) is 8.29. The number of hydrogen-bond acceptors (Lipinski definition) is 8. The number of benzene rings is 2. The van der Waals surface area contributed by atoms with Gasteiger partial charge in [0.2, 0.25) is 20.0 Å². The van der Waals surface area contributed by atoms with Crippen LogP contribution in [0.25, 0.3) is 0 Å². The molecule has 0 saturated heterocycles. The average Bonchev–Trinajstić information content (AvgIpc) is 2.75. The number of aryl methyl sites for hydroxylation is 2. The summed E-state index contributed by atoms with van der Waals surface area (Å²) < 4.78 is 54.1. The maximum absolute atomic E-state index is 12.5. The summed E-state index contributed by atoms with van der Waals surface area (Å²) in [4.78, 5) is 22.9. The van der Waals surface area contributed by atoms with Crippen molar-refractivity contribution in [1.29, 1.82) is 0 Å². The molecule has 0 radical (unpaired) electrons. The van der Waals surface area contributed by atoms with Crippen molar-refractivity contribution in [3.63, 3.8) is 0 Å². The van der Waals surface area contributed by atoms with Gasteiger partial charge in [-0.05, 0) is 38.1 Å². The SMILES string of the molecule is Cc1ccc(S(=O)(=O)NC(CSSC[C@H](NS(=O)(=O)c2ccc(C)cc2)C(=O)O)C(=O)O)cc1. The number of rotatable bonds is 13. The summed E-state index contributed by atoms with van der Waals surface area (Å²) >= 11 is 0.